The van der Waals surface area contributed by atoms with E-state index in [1.807, 2.05) is 18.2 Å². The van der Waals surface area contributed by atoms with Crippen molar-refractivity contribution < 1.29 is 22.4 Å². The number of hydrogen-bond donors (Lipinski definition) is 1. The molecular weight excluding hydrogens is 371 g/mol. The van der Waals surface area contributed by atoms with Gasteiger partial charge in [-0.15, -0.1) is 0 Å². The maximum absolute atomic E-state index is 13.1. The molecule has 1 atom stereocenters. The van der Waals surface area contributed by atoms with Crippen molar-refractivity contribution in [3.05, 3.63) is 65.0 Å². The minimum Gasteiger partial charge on any atom is -0.296 e. The van der Waals surface area contributed by atoms with Gasteiger partial charge in [0.15, 0.2) is 0 Å². The summed E-state index contributed by atoms with van der Waals surface area (Å²) in [5.41, 5.74) is 2.49. The Morgan fingerprint density at radius 2 is 1.70 bits per heavy atom. The van der Waals surface area contributed by atoms with Crippen molar-refractivity contribution in [2.75, 3.05) is 0 Å². The van der Waals surface area contributed by atoms with E-state index in [0.29, 0.717) is 12.8 Å². The van der Waals surface area contributed by atoms with Gasteiger partial charge in [-0.3, -0.25) is 14.9 Å². The Morgan fingerprint density at radius 1 is 1.00 bits per heavy atom. The second-order valence-corrected chi connectivity index (χ2v) is 8.70. The fourth-order valence-corrected chi connectivity index (χ4v) is 4.93. The number of benzene rings is 2. The molecule has 2 amide bonds. The zero-order chi connectivity index (χ0) is 19.2. The van der Waals surface area contributed by atoms with Gasteiger partial charge in [-0.05, 0) is 47.4 Å². The maximum atomic E-state index is 13.1. The van der Waals surface area contributed by atoms with Crippen LogP contribution in [0, 0.1) is 5.82 Å². The van der Waals surface area contributed by atoms with Gasteiger partial charge in [0.2, 0.25) is 21.8 Å². The van der Waals surface area contributed by atoms with Crippen LogP contribution < -0.4 is 5.32 Å². The highest BCUT2D eigenvalue weighted by molar-refractivity contribution is 7.89. The fourth-order valence-electron chi connectivity index (χ4n) is 3.54. The fraction of sp³-hybridized carbons (Fsp3) is 0.263. The van der Waals surface area contributed by atoms with Crippen LogP contribution in [0.5, 0.6) is 0 Å². The smallest absolute Gasteiger partial charge is 0.243 e. The lowest BCUT2D eigenvalue weighted by Crippen LogP contribution is -2.39. The average Bonchev–Trinajstić information content (AvgIpc) is 3.06. The summed E-state index contributed by atoms with van der Waals surface area (Å²) in [5.74, 6) is -1.49. The summed E-state index contributed by atoms with van der Waals surface area (Å²) in [6.07, 6.45) is 0.736. The van der Waals surface area contributed by atoms with Crippen LogP contribution in [-0.4, -0.2) is 24.5 Å². The summed E-state index contributed by atoms with van der Waals surface area (Å²) in [4.78, 5) is 23.4. The van der Waals surface area contributed by atoms with E-state index in [9.17, 15) is 22.4 Å². The maximum Gasteiger partial charge on any atom is 0.243 e. The molecule has 2 aromatic rings. The molecule has 140 valence electrons. The molecule has 2 heterocycles. The predicted molar refractivity (Wildman–Crippen MR) is 94.4 cm³/mol. The molecule has 6 nitrogen and oxygen atoms in total. The second kappa shape index (κ2) is 6.54. The van der Waals surface area contributed by atoms with Crippen molar-refractivity contribution in [3.63, 3.8) is 0 Å². The molecule has 0 saturated carbocycles. The van der Waals surface area contributed by atoms with Gasteiger partial charge in [-0.1, -0.05) is 18.2 Å². The lowest BCUT2D eigenvalue weighted by Gasteiger charge is -2.21. The van der Waals surface area contributed by atoms with Crippen molar-refractivity contribution in [1.82, 2.24) is 9.62 Å². The molecule has 0 radical (unpaired) electrons. The van der Waals surface area contributed by atoms with Crippen LogP contribution in [0.2, 0.25) is 0 Å². The zero-order valence-electron chi connectivity index (χ0n) is 14.3. The van der Waals surface area contributed by atoms with Crippen LogP contribution in [0.15, 0.2) is 47.4 Å². The van der Waals surface area contributed by atoms with Crippen LogP contribution in [0.4, 0.5) is 4.39 Å². The largest absolute Gasteiger partial charge is 0.296 e. The molecule has 1 saturated heterocycles. The zero-order valence-corrected chi connectivity index (χ0v) is 15.1. The van der Waals surface area contributed by atoms with Crippen molar-refractivity contribution in [2.24, 2.45) is 0 Å². The molecule has 4 rings (SSSR count). The third-order valence-corrected chi connectivity index (χ3v) is 6.82. The van der Waals surface area contributed by atoms with Gasteiger partial charge in [-0.2, -0.15) is 4.31 Å². The molecule has 2 aromatic carbocycles. The number of carbonyl (C=O) groups is 2. The second-order valence-electron chi connectivity index (χ2n) is 6.76. The number of piperidine rings is 1. The molecule has 0 aromatic heterocycles. The van der Waals surface area contributed by atoms with E-state index < -0.39 is 21.8 Å². The number of halogens is 1. The Labute approximate surface area is 156 Å². The molecule has 0 bridgehead atoms. The number of rotatable bonds is 3. The van der Waals surface area contributed by atoms with E-state index >= 15 is 0 Å². The van der Waals surface area contributed by atoms with E-state index in [4.69, 9.17) is 0 Å². The Kier molecular flexibility index (Phi) is 4.32. The Morgan fingerprint density at radius 3 is 2.41 bits per heavy atom. The number of carbonyl (C=O) groups excluding carboxylic acids is 2. The van der Waals surface area contributed by atoms with Crippen molar-refractivity contribution in [2.45, 2.75) is 36.7 Å². The van der Waals surface area contributed by atoms with Crippen LogP contribution >= 0.6 is 0 Å². The highest BCUT2D eigenvalue weighted by Crippen LogP contribution is 2.32. The number of sulfonamides is 1. The summed E-state index contributed by atoms with van der Waals surface area (Å²) in [5, 5.41) is 2.34. The van der Waals surface area contributed by atoms with Crippen LogP contribution in [0.1, 0.15) is 35.4 Å². The first-order chi connectivity index (χ1) is 12.8. The van der Waals surface area contributed by atoms with Crippen LogP contribution in [0.3, 0.4) is 0 Å². The van der Waals surface area contributed by atoms with Gasteiger partial charge in [0.1, 0.15) is 5.82 Å². The first kappa shape index (κ1) is 17.8. The summed E-state index contributed by atoms with van der Waals surface area (Å²) < 4.78 is 40.0. The highest BCUT2D eigenvalue weighted by atomic mass is 32.2. The van der Waals surface area contributed by atoms with Gasteiger partial charge in [0.25, 0.3) is 0 Å². The standard InChI is InChI=1S/C19H17FN2O4S/c20-15-3-5-16(6-4-15)27(25,26)22-10-13-2-1-12(9-14(13)11-22)17-7-8-18(23)21-19(17)24/h1-6,9,17H,7-8,10-11H2,(H,21,23,24). The number of amides is 2. The van der Waals surface area contributed by atoms with E-state index in [2.05, 4.69) is 5.32 Å². The molecule has 8 heteroatoms. The van der Waals surface area contributed by atoms with Crippen LogP contribution in [0.25, 0.3) is 0 Å². The topological polar surface area (TPSA) is 83.6 Å². The molecule has 2 aliphatic heterocycles. The average molecular weight is 388 g/mol. The molecule has 27 heavy (non-hydrogen) atoms. The number of hydrogen-bond acceptors (Lipinski definition) is 4. The SMILES string of the molecule is O=C1CCC(c2ccc3c(c2)CN(S(=O)(=O)c2ccc(F)cc2)C3)C(=O)N1. The van der Waals surface area contributed by atoms with E-state index in [-0.39, 0.29) is 29.8 Å². The van der Waals surface area contributed by atoms with Gasteiger partial charge in [0.05, 0.1) is 10.8 Å². The molecule has 1 fully saturated rings. The number of imide groups is 1. The molecule has 1 N–H and O–H groups in total. The summed E-state index contributed by atoms with van der Waals surface area (Å²) in [7, 11) is -3.74. The molecular formula is C19H17FN2O4S. The lowest BCUT2D eigenvalue weighted by atomic mass is 9.89. The Bertz CT molecular complexity index is 1030. The molecule has 1 unspecified atom stereocenters. The van der Waals surface area contributed by atoms with Crippen molar-refractivity contribution >= 4 is 21.8 Å². The van der Waals surface area contributed by atoms with Crippen LogP contribution in [-0.2, 0) is 32.7 Å². The predicted octanol–water partition coefficient (Wildman–Crippen LogP) is 2.05. The minimum absolute atomic E-state index is 0.0436. The number of nitrogens with zero attached hydrogens (tertiary/aromatic N) is 1. The molecule has 2 aliphatic rings. The Balaban J connectivity index is 1.58. The normalized spacial score (nSPS) is 20.4. The monoisotopic (exact) mass is 388 g/mol. The van der Waals surface area contributed by atoms with Crippen molar-refractivity contribution in [1.29, 1.82) is 0 Å². The first-order valence-corrected chi connectivity index (χ1v) is 10.00. The van der Waals surface area contributed by atoms with Gasteiger partial charge in [0, 0.05) is 19.5 Å². The highest BCUT2D eigenvalue weighted by Gasteiger charge is 2.33. The van der Waals surface area contributed by atoms with E-state index in [1.165, 1.54) is 16.4 Å². The van der Waals surface area contributed by atoms with Crippen molar-refractivity contribution in [3.8, 4) is 0 Å². The van der Waals surface area contributed by atoms with E-state index in [1.54, 1.807) is 0 Å². The lowest BCUT2D eigenvalue weighted by molar-refractivity contribution is -0.134. The minimum atomic E-state index is -3.74. The number of nitrogens with one attached hydrogen (secondary N) is 1. The molecule has 0 spiro atoms. The van der Waals surface area contributed by atoms with Gasteiger partial charge >= 0.3 is 0 Å². The third-order valence-electron chi connectivity index (χ3n) is 5.02. The Hall–Kier alpha value is -2.58. The molecule has 0 aliphatic carbocycles. The summed E-state index contributed by atoms with van der Waals surface area (Å²) >= 11 is 0. The third kappa shape index (κ3) is 3.26. The first-order valence-electron chi connectivity index (χ1n) is 8.56. The van der Waals surface area contributed by atoms with E-state index in [0.717, 1.165) is 28.8 Å². The quantitative estimate of drug-likeness (QED) is 0.816. The summed E-state index contributed by atoms with van der Waals surface area (Å²) in [6, 6.07) is 10.2. The van der Waals surface area contributed by atoms with Gasteiger partial charge in [-0.25, -0.2) is 12.8 Å². The van der Waals surface area contributed by atoms with Gasteiger partial charge < -0.3 is 0 Å². The number of fused-ring (bicyclic) bond motifs is 1. The summed E-state index contributed by atoms with van der Waals surface area (Å²) in [6.45, 7) is 0.417.